The maximum atomic E-state index is 11.3. The highest BCUT2D eigenvalue weighted by Gasteiger charge is 2.12. The van der Waals surface area contributed by atoms with E-state index in [1.807, 2.05) is 30.3 Å². The topological polar surface area (TPSA) is 78.4 Å². The number of urea groups is 1. The van der Waals surface area contributed by atoms with Crippen molar-refractivity contribution in [1.29, 1.82) is 0 Å². The second-order valence-electron chi connectivity index (χ2n) is 4.05. The average molecular weight is 250 g/mol. The number of hydrogen-bond donors (Lipinski definition) is 3. The van der Waals surface area contributed by atoms with Crippen LogP contribution in [0, 0.1) is 0 Å². The number of hydrogen-bond acceptors (Lipinski definition) is 2. The molecule has 0 aliphatic heterocycles. The summed E-state index contributed by atoms with van der Waals surface area (Å²) in [4.78, 5) is 21.8. The summed E-state index contributed by atoms with van der Waals surface area (Å²) in [6, 6.07) is 8.66. The number of carbonyl (C=O) groups is 2. The van der Waals surface area contributed by atoms with Crippen molar-refractivity contribution >= 4 is 12.0 Å². The summed E-state index contributed by atoms with van der Waals surface area (Å²) < 4.78 is 0. The molecule has 3 N–H and O–H groups in total. The quantitative estimate of drug-likeness (QED) is 0.668. The first-order valence-corrected chi connectivity index (χ1v) is 5.90. The summed E-state index contributed by atoms with van der Waals surface area (Å²) in [5, 5.41) is 13.6. The highest BCUT2D eigenvalue weighted by molar-refractivity contribution is 5.82. The Hall–Kier alpha value is -2.04. The molecule has 1 aromatic carbocycles. The predicted octanol–water partition coefficient (Wildman–Crippen LogP) is 1.39. The van der Waals surface area contributed by atoms with Crippen LogP contribution in [0.5, 0.6) is 0 Å². The number of benzene rings is 1. The van der Waals surface area contributed by atoms with E-state index in [-0.39, 0.29) is 0 Å². The van der Waals surface area contributed by atoms with Gasteiger partial charge in [-0.15, -0.1) is 0 Å². The highest BCUT2D eigenvalue weighted by atomic mass is 16.4. The molecule has 98 valence electrons. The van der Waals surface area contributed by atoms with Crippen LogP contribution < -0.4 is 10.6 Å². The van der Waals surface area contributed by atoms with Gasteiger partial charge in [-0.1, -0.05) is 30.3 Å². The Morgan fingerprint density at radius 2 is 1.94 bits per heavy atom. The lowest BCUT2D eigenvalue weighted by Crippen LogP contribution is -2.44. The van der Waals surface area contributed by atoms with E-state index in [9.17, 15) is 9.59 Å². The van der Waals surface area contributed by atoms with Gasteiger partial charge in [0.1, 0.15) is 6.04 Å². The molecule has 1 atom stereocenters. The third-order valence-electron chi connectivity index (χ3n) is 2.49. The van der Waals surface area contributed by atoms with Crippen LogP contribution in [-0.2, 0) is 11.2 Å². The van der Waals surface area contributed by atoms with E-state index in [2.05, 4.69) is 10.6 Å². The number of aryl methyl sites for hydroxylation is 1. The molecule has 0 aliphatic carbocycles. The largest absolute Gasteiger partial charge is 0.480 e. The number of amides is 2. The van der Waals surface area contributed by atoms with E-state index in [0.29, 0.717) is 6.54 Å². The standard InChI is InChI=1S/C13H18N2O3/c1-10(12(16)17)15-13(18)14-9-5-8-11-6-3-2-4-7-11/h2-4,6-7,10H,5,8-9H2,1H3,(H,16,17)(H2,14,15,18)/t10-/m1/s1. The Labute approximate surface area is 106 Å². The molecule has 0 fully saturated rings. The second kappa shape index (κ2) is 7.32. The zero-order valence-electron chi connectivity index (χ0n) is 10.3. The highest BCUT2D eigenvalue weighted by Crippen LogP contribution is 2.01. The SMILES string of the molecule is C[C@@H](NC(=O)NCCCc1ccccc1)C(=O)O. The number of carboxylic acids is 1. The monoisotopic (exact) mass is 250 g/mol. The smallest absolute Gasteiger partial charge is 0.325 e. The third kappa shape index (κ3) is 5.34. The van der Waals surface area contributed by atoms with Crippen molar-refractivity contribution in [3.8, 4) is 0 Å². The first-order valence-electron chi connectivity index (χ1n) is 5.90. The van der Waals surface area contributed by atoms with Gasteiger partial charge in [-0.05, 0) is 25.3 Å². The Balaban J connectivity index is 2.14. The van der Waals surface area contributed by atoms with E-state index in [1.165, 1.54) is 12.5 Å². The number of carbonyl (C=O) groups excluding carboxylic acids is 1. The van der Waals surface area contributed by atoms with Crippen molar-refractivity contribution < 1.29 is 14.7 Å². The zero-order valence-corrected chi connectivity index (χ0v) is 10.3. The summed E-state index contributed by atoms with van der Waals surface area (Å²) in [5.41, 5.74) is 1.22. The van der Waals surface area contributed by atoms with Gasteiger partial charge in [0.15, 0.2) is 0 Å². The molecule has 1 rings (SSSR count). The summed E-state index contributed by atoms with van der Waals surface area (Å²) in [6.45, 7) is 1.94. The number of carboxylic acid groups (broad SMARTS) is 1. The molecule has 1 aromatic rings. The first-order chi connectivity index (χ1) is 8.59. The molecular formula is C13H18N2O3. The summed E-state index contributed by atoms with van der Waals surface area (Å²) in [6.07, 6.45) is 1.70. The lowest BCUT2D eigenvalue weighted by molar-refractivity contribution is -0.138. The van der Waals surface area contributed by atoms with Crippen molar-refractivity contribution in [2.75, 3.05) is 6.54 Å². The molecule has 0 bridgehead atoms. The molecule has 0 saturated heterocycles. The van der Waals surface area contributed by atoms with Crippen LogP contribution in [0.3, 0.4) is 0 Å². The van der Waals surface area contributed by atoms with Gasteiger partial charge in [-0.3, -0.25) is 4.79 Å². The molecule has 0 spiro atoms. The molecule has 5 nitrogen and oxygen atoms in total. The summed E-state index contributed by atoms with van der Waals surface area (Å²) in [5.74, 6) is -1.05. The van der Waals surface area contributed by atoms with Crippen LogP contribution in [0.1, 0.15) is 18.9 Å². The number of rotatable bonds is 6. The molecule has 0 heterocycles. The summed E-state index contributed by atoms with van der Waals surface area (Å²) in [7, 11) is 0. The van der Waals surface area contributed by atoms with Gasteiger partial charge in [0, 0.05) is 6.54 Å². The lowest BCUT2D eigenvalue weighted by Gasteiger charge is -2.10. The number of aliphatic carboxylic acids is 1. The maximum absolute atomic E-state index is 11.3. The zero-order chi connectivity index (χ0) is 13.4. The Morgan fingerprint density at radius 3 is 2.56 bits per heavy atom. The van der Waals surface area contributed by atoms with Gasteiger partial charge in [0.05, 0.1) is 0 Å². The Bertz CT molecular complexity index is 392. The van der Waals surface area contributed by atoms with Crippen LogP contribution in [0.4, 0.5) is 4.79 Å². The molecule has 0 saturated carbocycles. The minimum absolute atomic E-state index is 0.446. The van der Waals surface area contributed by atoms with Gasteiger partial charge in [0.25, 0.3) is 0 Å². The van der Waals surface area contributed by atoms with Crippen LogP contribution in [0.2, 0.25) is 0 Å². The van der Waals surface area contributed by atoms with E-state index < -0.39 is 18.0 Å². The van der Waals surface area contributed by atoms with Crippen LogP contribution >= 0.6 is 0 Å². The van der Waals surface area contributed by atoms with Gasteiger partial charge in [0.2, 0.25) is 0 Å². The molecule has 0 aliphatic rings. The summed E-state index contributed by atoms with van der Waals surface area (Å²) >= 11 is 0. The Kier molecular flexibility index (Phi) is 5.70. The molecule has 2 amide bonds. The molecule has 18 heavy (non-hydrogen) atoms. The van der Waals surface area contributed by atoms with E-state index >= 15 is 0 Å². The molecule has 0 radical (unpaired) electrons. The lowest BCUT2D eigenvalue weighted by atomic mass is 10.1. The average Bonchev–Trinajstić information content (AvgIpc) is 2.35. The number of nitrogens with one attached hydrogen (secondary N) is 2. The van der Waals surface area contributed by atoms with Crippen molar-refractivity contribution in [2.45, 2.75) is 25.8 Å². The predicted molar refractivity (Wildman–Crippen MR) is 68.4 cm³/mol. The normalized spacial score (nSPS) is 11.6. The van der Waals surface area contributed by atoms with E-state index in [0.717, 1.165) is 12.8 Å². The maximum Gasteiger partial charge on any atom is 0.325 e. The van der Waals surface area contributed by atoms with Gasteiger partial charge < -0.3 is 15.7 Å². The van der Waals surface area contributed by atoms with E-state index in [4.69, 9.17) is 5.11 Å². The van der Waals surface area contributed by atoms with Crippen LogP contribution in [0.25, 0.3) is 0 Å². The second-order valence-corrected chi connectivity index (χ2v) is 4.05. The van der Waals surface area contributed by atoms with Crippen molar-refractivity contribution in [3.63, 3.8) is 0 Å². The van der Waals surface area contributed by atoms with E-state index in [1.54, 1.807) is 0 Å². The van der Waals surface area contributed by atoms with Crippen molar-refractivity contribution in [2.24, 2.45) is 0 Å². The molecule has 5 heteroatoms. The molecule has 0 aromatic heterocycles. The van der Waals surface area contributed by atoms with Crippen LogP contribution in [0.15, 0.2) is 30.3 Å². The minimum atomic E-state index is -1.05. The fourth-order valence-electron chi connectivity index (χ4n) is 1.45. The van der Waals surface area contributed by atoms with Gasteiger partial charge in [-0.2, -0.15) is 0 Å². The fraction of sp³-hybridized carbons (Fsp3) is 0.385. The third-order valence-corrected chi connectivity index (χ3v) is 2.49. The van der Waals surface area contributed by atoms with Crippen molar-refractivity contribution in [1.82, 2.24) is 10.6 Å². The first kappa shape index (κ1) is 14.0. The van der Waals surface area contributed by atoms with Gasteiger partial charge in [-0.25, -0.2) is 4.79 Å². The van der Waals surface area contributed by atoms with Crippen molar-refractivity contribution in [3.05, 3.63) is 35.9 Å². The molecular weight excluding hydrogens is 232 g/mol. The fourth-order valence-corrected chi connectivity index (χ4v) is 1.45. The Morgan fingerprint density at radius 1 is 1.28 bits per heavy atom. The van der Waals surface area contributed by atoms with Crippen LogP contribution in [-0.4, -0.2) is 29.7 Å². The minimum Gasteiger partial charge on any atom is -0.480 e. The molecule has 0 unspecified atom stereocenters. The van der Waals surface area contributed by atoms with Gasteiger partial charge >= 0.3 is 12.0 Å².